The molecule has 1 aliphatic rings. The van der Waals surface area contributed by atoms with Crippen molar-refractivity contribution >= 4 is 34.1 Å². The highest BCUT2D eigenvalue weighted by Gasteiger charge is 2.11. The quantitative estimate of drug-likeness (QED) is 0.771. The summed E-state index contributed by atoms with van der Waals surface area (Å²) in [4.78, 5) is 11.3. The largest absolute Gasteiger partial charge is 0.379 e. The molecule has 25 heavy (non-hydrogen) atoms. The zero-order chi connectivity index (χ0) is 17.1. The molecule has 2 aromatic carbocycles. The van der Waals surface area contributed by atoms with Crippen LogP contribution in [0.2, 0.25) is 5.15 Å². The van der Waals surface area contributed by atoms with E-state index in [4.69, 9.17) is 16.3 Å². The third-order valence-electron chi connectivity index (χ3n) is 4.25. The lowest BCUT2D eigenvalue weighted by Gasteiger charge is -2.26. The lowest BCUT2D eigenvalue weighted by atomic mass is 10.2. The van der Waals surface area contributed by atoms with Crippen molar-refractivity contribution < 1.29 is 4.74 Å². The van der Waals surface area contributed by atoms with E-state index in [1.165, 1.54) is 5.56 Å². The van der Waals surface area contributed by atoms with E-state index in [1.54, 1.807) is 0 Å². The maximum atomic E-state index is 6.26. The molecule has 0 spiro atoms. The molecule has 1 N–H and O–H groups in total. The maximum absolute atomic E-state index is 6.26. The summed E-state index contributed by atoms with van der Waals surface area (Å²) in [6.45, 7) is 4.56. The first kappa shape index (κ1) is 16.3. The summed E-state index contributed by atoms with van der Waals surface area (Å²) in [6.07, 6.45) is 0. The van der Waals surface area contributed by atoms with Crippen LogP contribution >= 0.6 is 11.6 Å². The summed E-state index contributed by atoms with van der Waals surface area (Å²) in [5.74, 6) is 0.571. The Hall–Kier alpha value is -2.21. The van der Waals surface area contributed by atoms with E-state index in [1.807, 2.05) is 36.4 Å². The summed E-state index contributed by atoms with van der Waals surface area (Å²) >= 11 is 6.26. The molecule has 1 aromatic heterocycles. The van der Waals surface area contributed by atoms with Gasteiger partial charge in [0.2, 0.25) is 0 Å². The molecule has 4 rings (SSSR count). The Kier molecular flexibility index (Phi) is 4.78. The normalized spacial score (nSPS) is 15.4. The van der Waals surface area contributed by atoms with E-state index in [0.717, 1.165) is 49.6 Å². The Balaban J connectivity index is 1.48. The molecular weight excluding hydrogens is 336 g/mol. The van der Waals surface area contributed by atoms with E-state index in [2.05, 4.69) is 32.3 Å². The second-order valence-electron chi connectivity index (χ2n) is 6.06. The topological polar surface area (TPSA) is 50.3 Å². The van der Waals surface area contributed by atoms with Crippen molar-refractivity contribution in [2.45, 2.75) is 6.54 Å². The van der Waals surface area contributed by atoms with Gasteiger partial charge in [-0.15, -0.1) is 0 Å². The molecule has 6 heteroatoms. The number of para-hydroxylation sites is 2. The van der Waals surface area contributed by atoms with Crippen LogP contribution in [0.15, 0.2) is 48.5 Å². The van der Waals surface area contributed by atoms with Crippen molar-refractivity contribution in [3.8, 4) is 0 Å². The summed E-state index contributed by atoms with van der Waals surface area (Å²) in [7, 11) is 0. The van der Waals surface area contributed by atoms with Gasteiger partial charge in [-0.05, 0) is 29.8 Å². The lowest BCUT2D eigenvalue weighted by molar-refractivity contribution is 0.0342. The molecule has 1 fully saturated rings. The van der Waals surface area contributed by atoms with Gasteiger partial charge in [0.05, 0.1) is 24.2 Å². The molecule has 0 unspecified atom stereocenters. The number of fused-ring (bicyclic) bond motifs is 1. The Morgan fingerprint density at radius 3 is 2.36 bits per heavy atom. The summed E-state index contributed by atoms with van der Waals surface area (Å²) < 4.78 is 5.39. The average Bonchev–Trinajstić information content (AvgIpc) is 2.65. The Morgan fingerprint density at radius 1 is 0.960 bits per heavy atom. The molecule has 0 saturated carbocycles. The number of ether oxygens (including phenoxy) is 1. The van der Waals surface area contributed by atoms with Crippen LogP contribution in [-0.4, -0.2) is 41.2 Å². The molecule has 1 saturated heterocycles. The first-order valence-corrected chi connectivity index (χ1v) is 8.74. The molecule has 0 bridgehead atoms. The van der Waals surface area contributed by atoms with Crippen molar-refractivity contribution in [3.63, 3.8) is 0 Å². The number of aromatic nitrogens is 2. The molecule has 0 atom stereocenters. The van der Waals surface area contributed by atoms with Gasteiger partial charge in [-0.1, -0.05) is 35.9 Å². The van der Waals surface area contributed by atoms with E-state index in [-0.39, 0.29) is 0 Å². The van der Waals surface area contributed by atoms with Crippen molar-refractivity contribution in [1.82, 2.24) is 14.9 Å². The third-order valence-corrected chi connectivity index (χ3v) is 4.52. The zero-order valence-electron chi connectivity index (χ0n) is 13.8. The zero-order valence-corrected chi connectivity index (χ0v) is 14.5. The van der Waals surface area contributed by atoms with Crippen LogP contribution in [0.1, 0.15) is 5.56 Å². The highest BCUT2D eigenvalue weighted by molar-refractivity contribution is 6.32. The molecule has 2 heterocycles. The van der Waals surface area contributed by atoms with E-state index < -0.39 is 0 Å². The fraction of sp³-hybridized carbons (Fsp3) is 0.263. The van der Waals surface area contributed by atoms with Gasteiger partial charge in [0.1, 0.15) is 0 Å². The second-order valence-corrected chi connectivity index (χ2v) is 6.42. The minimum absolute atomic E-state index is 0.371. The summed E-state index contributed by atoms with van der Waals surface area (Å²) in [5, 5.41) is 3.63. The monoisotopic (exact) mass is 354 g/mol. The first-order valence-electron chi connectivity index (χ1n) is 8.36. The minimum Gasteiger partial charge on any atom is -0.379 e. The van der Waals surface area contributed by atoms with Crippen LogP contribution in [0.25, 0.3) is 11.0 Å². The van der Waals surface area contributed by atoms with Gasteiger partial charge < -0.3 is 10.1 Å². The van der Waals surface area contributed by atoms with Gasteiger partial charge in [-0.25, -0.2) is 9.97 Å². The molecule has 0 radical (unpaired) electrons. The van der Waals surface area contributed by atoms with Gasteiger partial charge in [0.15, 0.2) is 11.0 Å². The van der Waals surface area contributed by atoms with Crippen LogP contribution in [0, 0.1) is 0 Å². The smallest absolute Gasteiger partial charge is 0.172 e. The fourth-order valence-corrected chi connectivity index (χ4v) is 3.09. The van der Waals surface area contributed by atoms with E-state index in [9.17, 15) is 0 Å². The molecule has 3 aromatic rings. The standard InChI is InChI=1S/C19H19ClN4O/c20-18-19(23-17-4-2-1-3-16(17)22-18)21-15-7-5-14(6-8-15)13-24-9-11-25-12-10-24/h1-8H,9-13H2,(H,21,23). The Morgan fingerprint density at radius 2 is 1.64 bits per heavy atom. The minimum atomic E-state index is 0.371. The maximum Gasteiger partial charge on any atom is 0.172 e. The van der Waals surface area contributed by atoms with E-state index in [0.29, 0.717) is 11.0 Å². The number of hydrogen-bond acceptors (Lipinski definition) is 5. The van der Waals surface area contributed by atoms with Crippen LogP contribution in [0.4, 0.5) is 11.5 Å². The molecule has 1 aliphatic heterocycles. The first-order chi connectivity index (χ1) is 12.3. The van der Waals surface area contributed by atoms with Crippen molar-refractivity contribution in [3.05, 3.63) is 59.2 Å². The van der Waals surface area contributed by atoms with Crippen LogP contribution in [0.5, 0.6) is 0 Å². The molecule has 5 nitrogen and oxygen atoms in total. The molecule has 0 amide bonds. The van der Waals surface area contributed by atoms with Gasteiger partial charge >= 0.3 is 0 Å². The van der Waals surface area contributed by atoms with Crippen molar-refractivity contribution in [1.29, 1.82) is 0 Å². The number of halogens is 1. The molecule has 0 aliphatic carbocycles. The second kappa shape index (κ2) is 7.35. The van der Waals surface area contributed by atoms with Crippen LogP contribution in [-0.2, 0) is 11.3 Å². The number of nitrogens with one attached hydrogen (secondary N) is 1. The number of hydrogen-bond donors (Lipinski definition) is 1. The average molecular weight is 355 g/mol. The predicted molar refractivity (Wildman–Crippen MR) is 100 cm³/mol. The summed E-state index contributed by atoms with van der Waals surface area (Å²) in [6, 6.07) is 16.0. The fourth-order valence-electron chi connectivity index (χ4n) is 2.91. The molecular formula is C19H19ClN4O. The Bertz CT molecular complexity index is 863. The number of anilines is 2. The Labute approximate surface area is 151 Å². The highest BCUT2D eigenvalue weighted by Crippen LogP contribution is 2.24. The number of rotatable bonds is 4. The highest BCUT2D eigenvalue weighted by atomic mass is 35.5. The van der Waals surface area contributed by atoms with Crippen LogP contribution in [0.3, 0.4) is 0 Å². The van der Waals surface area contributed by atoms with Crippen molar-refractivity contribution in [2.75, 3.05) is 31.6 Å². The predicted octanol–water partition coefficient (Wildman–Crippen LogP) is 3.86. The lowest BCUT2D eigenvalue weighted by Crippen LogP contribution is -2.35. The number of morpholine rings is 1. The SMILES string of the molecule is Clc1nc2ccccc2nc1Nc1ccc(CN2CCOCC2)cc1. The number of nitrogens with zero attached hydrogens (tertiary/aromatic N) is 3. The van der Waals surface area contributed by atoms with Gasteiger partial charge in [0.25, 0.3) is 0 Å². The van der Waals surface area contributed by atoms with E-state index >= 15 is 0 Å². The molecule has 128 valence electrons. The summed E-state index contributed by atoms with van der Waals surface area (Å²) in [5.41, 5.74) is 3.83. The van der Waals surface area contributed by atoms with Gasteiger partial charge in [-0.2, -0.15) is 0 Å². The van der Waals surface area contributed by atoms with Gasteiger partial charge in [-0.3, -0.25) is 4.90 Å². The van der Waals surface area contributed by atoms with Gasteiger partial charge in [0, 0.05) is 25.3 Å². The van der Waals surface area contributed by atoms with Crippen molar-refractivity contribution in [2.24, 2.45) is 0 Å². The van der Waals surface area contributed by atoms with Crippen LogP contribution < -0.4 is 5.32 Å². The number of benzene rings is 2. The third kappa shape index (κ3) is 3.90.